The first-order valence-electron chi connectivity index (χ1n) is 5.72. The average molecular weight is 448 g/mol. The molecule has 0 radical (unpaired) electrons. The fraction of sp³-hybridized carbons (Fsp3) is 1.00. The Balaban J connectivity index is 6.73. The number of rotatable bonds is 6. The van der Waals surface area contributed by atoms with Crippen LogP contribution in [-0.4, -0.2) is 55.6 Å². The summed E-state index contributed by atoms with van der Waals surface area (Å²) in [6.07, 6.45) is -27.3. The molecule has 0 saturated carbocycles. The number of hydrogen-bond acceptors (Lipinski definition) is 2. The first kappa shape index (κ1) is 25.8. The van der Waals surface area contributed by atoms with Crippen molar-refractivity contribution in [3.05, 3.63) is 0 Å². The summed E-state index contributed by atoms with van der Waals surface area (Å²) < 4.78 is 204. The molecule has 164 valence electrons. The molecule has 18 heteroatoms. The highest BCUT2D eigenvalue weighted by Gasteiger charge is 2.88. The number of alkyl halides is 16. The molecule has 0 heterocycles. The molecule has 0 saturated heterocycles. The molecule has 0 bridgehead atoms. The number of ether oxygens (including phenoxy) is 2. The third-order valence-electron chi connectivity index (χ3n) is 2.42. The van der Waals surface area contributed by atoms with Gasteiger partial charge < -0.3 is 9.47 Å². The van der Waals surface area contributed by atoms with Gasteiger partial charge in [0.05, 0.1) is 0 Å². The monoisotopic (exact) mass is 448 g/mol. The lowest BCUT2D eigenvalue weighted by atomic mass is 9.99. The second kappa shape index (κ2) is 7.00. The average Bonchev–Trinajstić information content (AvgIpc) is 2.32. The van der Waals surface area contributed by atoms with E-state index in [9.17, 15) is 70.2 Å². The maximum Gasteiger partial charge on any atom is 0.459 e. The zero-order chi connectivity index (χ0) is 22.3. The summed E-state index contributed by atoms with van der Waals surface area (Å²) >= 11 is 0. The molecule has 0 aliphatic carbocycles. The van der Waals surface area contributed by atoms with E-state index < -0.39 is 55.6 Å². The van der Waals surface area contributed by atoms with Crippen molar-refractivity contribution >= 4 is 0 Å². The molecular weight excluding hydrogens is 444 g/mol. The number of halogens is 16. The van der Waals surface area contributed by atoms with Crippen molar-refractivity contribution in [2.24, 2.45) is 0 Å². The molecule has 0 fully saturated rings. The molecule has 27 heavy (non-hydrogen) atoms. The van der Waals surface area contributed by atoms with E-state index in [1.807, 2.05) is 0 Å². The van der Waals surface area contributed by atoms with E-state index in [2.05, 4.69) is 9.47 Å². The third kappa shape index (κ3) is 5.41. The molecular formula is C9H4F16O2. The SMILES string of the molecule is FC(F)(F)COC(OCC(F)(F)F)(C(F)(F)C(F)(F)F)C(F)(F)C(F)(F)F. The van der Waals surface area contributed by atoms with Crippen LogP contribution in [0.25, 0.3) is 0 Å². The smallest absolute Gasteiger partial charge is 0.330 e. The van der Waals surface area contributed by atoms with E-state index in [1.165, 1.54) is 0 Å². The Morgan fingerprint density at radius 2 is 0.630 bits per heavy atom. The minimum absolute atomic E-state index is 2.38. The van der Waals surface area contributed by atoms with Crippen LogP contribution in [0.1, 0.15) is 0 Å². The summed E-state index contributed by atoms with van der Waals surface area (Å²) in [5, 5.41) is 0. The fourth-order valence-corrected chi connectivity index (χ4v) is 1.34. The molecule has 0 unspecified atom stereocenters. The van der Waals surface area contributed by atoms with Crippen LogP contribution in [0.15, 0.2) is 0 Å². The van der Waals surface area contributed by atoms with Crippen molar-refractivity contribution < 1.29 is 79.7 Å². The van der Waals surface area contributed by atoms with Gasteiger partial charge in [-0.1, -0.05) is 0 Å². The van der Waals surface area contributed by atoms with Crippen LogP contribution >= 0.6 is 0 Å². The fourth-order valence-electron chi connectivity index (χ4n) is 1.34. The number of hydrogen-bond donors (Lipinski definition) is 0. The van der Waals surface area contributed by atoms with Crippen molar-refractivity contribution in [2.75, 3.05) is 13.2 Å². The topological polar surface area (TPSA) is 18.5 Å². The molecule has 0 aromatic heterocycles. The molecule has 0 aliphatic heterocycles. The minimum atomic E-state index is -7.68. The van der Waals surface area contributed by atoms with Gasteiger partial charge in [0.1, 0.15) is 13.2 Å². The molecule has 0 rings (SSSR count). The molecule has 0 aromatic carbocycles. The Morgan fingerprint density at radius 1 is 0.407 bits per heavy atom. The predicted molar refractivity (Wildman–Crippen MR) is 48.7 cm³/mol. The van der Waals surface area contributed by atoms with Crippen molar-refractivity contribution in [3.63, 3.8) is 0 Å². The van der Waals surface area contributed by atoms with Gasteiger partial charge in [-0.2, -0.15) is 70.2 Å². The van der Waals surface area contributed by atoms with Gasteiger partial charge in [-0.25, -0.2) is 0 Å². The normalized spacial score (nSPS) is 16.0. The van der Waals surface area contributed by atoms with E-state index in [1.54, 1.807) is 0 Å². The lowest BCUT2D eigenvalue weighted by molar-refractivity contribution is -0.506. The van der Waals surface area contributed by atoms with Gasteiger partial charge in [0.25, 0.3) is 0 Å². The van der Waals surface area contributed by atoms with Crippen LogP contribution in [0.5, 0.6) is 0 Å². The first-order valence-corrected chi connectivity index (χ1v) is 5.72. The van der Waals surface area contributed by atoms with Crippen LogP contribution in [-0.2, 0) is 9.47 Å². The Labute approximate surface area is 137 Å². The van der Waals surface area contributed by atoms with E-state index in [-0.39, 0.29) is 0 Å². The van der Waals surface area contributed by atoms with Gasteiger partial charge in [-0.3, -0.25) is 0 Å². The van der Waals surface area contributed by atoms with Gasteiger partial charge in [-0.05, 0) is 0 Å². The zero-order valence-corrected chi connectivity index (χ0v) is 11.8. The Bertz CT molecular complexity index is 448. The Kier molecular flexibility index (Phi) is 6.69. The van der Waals surface area contributed by atoms with E-state index in [4.69, 9.17) is 0 Å². The van der Waals surface area contributed by atoms with Crippen molar-refractivity contribution in [3.8, 4) is 0 Å². The van der Waals surface area contributed by atoms with E-state index >= 15 is 0 Å². The van der Waals surface area contributed by atoms with Gasteiger partial charge in [0.2, 0.25) is 0 Å². The van der Waals surface area contributed by atoms with E-state index in [0.29, 0.717) is 0 Å². The molecule has 2 nitrogen and oxygen atoms in total. The summed E-state index contributed by atoms with van der Waals surface area (Å²) in [5.74, 6) is -22.5. The second-order valence-corrected chi connectivity index (χ2v) is 4.57. The van der Waals surface area contributed by atoms with Gasteiger partial charge in [-0.15, -0.1) is 0 Å². The quantitative estimate of drug-likeness (QED) is 0.409. The molecule has 0 N–H and O–H groups in total. The van der Waals surface area contributed by atoms with E-state index in [0.717, 1.165) is 0 Å². The van der Waals surface area contributed by atoms with Crippen LogP contribution in [0, 0.1) is 0 Å². The molecule has 0 aliphatic rings. The highest BCUT2D eigenvalue weighted by Crippen LogP contribution is 2.57. The van der Waals surface area contributed by atoms with Crippen LogP contribution in [0.2, 0.25) is 0 Å². The zero-order valence-electron chi connectivity index (χ0n) is 11.8. The predicted octanol–water partition coefficient (Wildman–Crippen LogP) is 5.24. The summed E-state index contributed by atoms with van der Waals surface area (Å²) in [7, 11) is 0. The van der Waals surface area contributed by atoms with Crippen LogP contribution in [0.3, 0.4) is 0 Å². The van der Waals surface area contributed by atoms with Crippen LogP contribution in [0.4, 0.5) is 70.2 Å². The maximum absolute atomic E-state index is 13.3. The van der Waals surface area contributed by atoms with Crippen LogP contribution < -0.4 is 0 Å². The summed E-state index contributed by atoms with van der Waals surface area (Å²) in [6, 6.07) is 0. The molecule has 0 amide bonds. The standard InChI is InChI=1S/C9H4F16O2/c10-3(11,12)1-26-7(27-2-4(13,14)15,5(16,17)8(20,21)22)6(18,19)9(23,24)25/h1-2H2. The third-order valence-corrected chi connectivity index (χ3v) is 2.42. The van der Waals surface area contributed by atoms with Gasteiger partial charge in [0.15, 0.2) is 0 Å². The first-order chi connectivity index (χ1) is 11.4. The summed E-state index contributed by atoms with van der Waals surface area (Å²) in [6.45, 7) is -7.33. The molecule has 0 spiro atoms. The van der Waals surface area contributed by atoms with Gasteiger partial charge >= 0.3 is 42.3 Å². The highest BCUT2D eigenvalue weighted by atomic mass is 19.4. The summed E-state index contributed by atoms with van der Waals surface area (Å²) in [5.41, 5.74) is 0. The lowest BCUT2D eigenvalue weighted by Crippen LogP contribution is -2.73. The Morgan fingerprint density at radius 3 is 0.778 bits per heavy atom. The largest absolute Gasteiger partial charge is 0.459 e. The van der Waals surface area contributed by atoms with Gasteiger partial charge in [0, 0.05) is 0 Å². The molecule has 0 aromatic rings. The highest BCUT2D eigenvalue weighted by molar-refractivity contribution is 5.06. The van der Waals surface area contributed by atoms with Crippen molar-refractivity contribution in [2.45, 2.75) is 42.3 Å². The van der Waals surface area contributed by atoms with Crippen molar-refractivity contribution in [1.82, 2.24) is 0 Å². The maximum atomic E-state index is 13.3. The summed E-state index contributed by atoms with van der Waals surface area (Å²) in [4.78, 5) is 0. The van der Waals surface area contributed by atoms with Crippen molar-refractivity contribution in [1.29, 1.82) is 0 Å². The Hall–Kier alpha value is -1.20. The second-order valence-electron chi connectivity index (χ2n) is 4.57. The lowest BCUT2D eigenvalue weighted by Gasteiger charge is -2.44. The molecule has 0 atom stereocenters. The minimum Gasteiger partial charge on any atom is -0.330 e.